The summed E-state index contributed by atoms with van der Waals surface area (Å²) in [6.45, 7) is 10.7. The molecule has 10 heteroatoms. The molecule has 1 saturated heterocycles. The number of aromatic nitrogens is 4. The van der Waals surface area contributed by atoms with Gasteiger partial charge in [-0.15, -0.1) is 0 Å². The molecule has 2 aromatic rings. The number of nitrogens with one attached hydrogen (secondary N) is 1. The maximum atomic E-state index is 12.0. The monoisotopic (exact) mass is 381 g/mol. The largest absolute Gasteiger partial charge is 0.411 e. The summed E-state index contributed by atoms with van der Waals surface area (Å²) >= 11 is 0. The number of hydrogen-bond donors (Lipinski definition) is 3. The van der Waals surface area contributed by atoms with Gasteiger partial charge in [0.25, 0.3) is 5.56 Å². The summed E-state index contributed by atoms with van der Waals surface area (Å²) in [5, 5.41) is 9.80. The summed E-state index contributed by atoms with van der Waals surface area (Å²) in [6, 6.07) is 0. The van der Waals surface area contributed by atoms with Gasteiger partial charge in [-0.05, 0) is 18.1 Å². The molecule has 0 aliphatic carbocycles. The minimum atomic E-state index is -2.02. The van der Waals surface area contributed by atoms with Gasteiger partial charge in [-0.1, -0.05) is 20.8 Å². The van der Waals surface area contributed by atoms with Crippen LogP contribution in [0.3, 0.4) is 0 Å². The molecule has 3 heterocycles. The van der Waals surface area contributed by atoms with Crippen LogP contribution in [0.5, 0.6) is 0 Å². The summed E-state index contributed by atoms with van der Waals surface area (Å²) in [5.74, 6) is 0.0232. The van der Waals surface area contributed by atoms with Gasteiger partial charge in [0.2, 0.25) is 5.95 Å². The molecule has 1 fully saturated rings. The maximum Gasteiger partial charge on any atom is 0.280 e. The third-order valence-electron chi connectivity index (χ3n) is 5.37. The number of imidazole rings is 1. The van der Waals surface area contributed by atoms with Crippen LogP contribution in [0.15, 0.2) is 11.1 Å². The molecule has 3 atom stereocenters. The topological polar surface area (TPSA) is 128 Å². The first-order valence-corrected chi connectivity index (χ1v) is 11.6. The number of aliphatic hydroxyl groups excluding tert-OH is 1. The van der Waals surface area contributed by atoms with E-state index in [0.717, 1.165) is 0 Å². The van der Waals surface area contributed by atoms with Crippen LogP contribution in [-0.4, -0.2) is 51.8 Å². The second kappa shape index (κ2) is 6.45. The smallest absolute Gasteiger partial charge is 0.280 e. The molecule has 9 nitrogen and oxygen atoms in total. The number of rotatable bonds is 4. The second-order valence-electron chi connectivity index (χ2n) is 8.24. The van der Waals surface area contributed by atoms with Crippen molar-refractivity contribution in [1.82, 2.24) is 19.5 Å². The Balaban J connectivity index is 1.89. The molecule has 0 saturated carbocycles. The third-order valence-corrected chi connectivity index (χ3v) is 9.88. The van der Waals surface area contributed by atoms with Gasteiger partial charge in [0.1, 0.15) is 12.3 Å². The number of fused-ring (bicyclic) bond motifs is 1. The van der Waals surface area contributed by atoms with E-state index in [-0.39, 0.29) is 29.2 Å². The lowest BCUT2D eigenvalue weighted by Gasteiger charge is -2.39. The molecule has 1 aliphatic heterocycles. The fourth-order valence-corrected chi connectivity index (χ4v) is 4.23. The van der Waals surface area contributed by atoms with Crippen LogP contribution in [0.2, 0.25) is 18.1 Å². The first-order valence-electron chi connectivity index (χ1n) is 8.70. The van der Waals surface area contributed by atoms with Gasteiger partial charge in [-0.3, -0.25) is 14.3 Å². The number of aromatic amines is 1. The quantitative estimate of drug-likeness (QED) is 0.682. The van der Waals surface area contributed by atoms with Crippen molar-refractivity contribution < 1.29 is 14.3 Å². The van der Waals surface area contributed by atoms with Crippen LogP contribution < -0.4 is 11.3 Å². The molecule has 3 rings (SSSR count). The Kier molecular flexibility index (Phi) is 4.72. The number of nitrogens with zero attached hydrogens (tertiary/aromatic N) is 3. The predicted octanol–water partition coefficient (Wildman–Crippen LogP) is 1.37. The minimum absolute atomic E-state index is 0.0232. The van der Waals surface area contributed by atoms with Crippen LogP contribution >= 0.6 is 0 Å². The molecule has 1 aliphatic rings. The summed E-state index contributed by atoms with van der Waals surface area (Å²) < 4.78 is 14.1. The molecule has 0 aromatic carbocycles. The molecule has 2 aromatic heterocycles. The van der Waals surface area contributed by atoms with Crippen molar-refractivity contribution in [3.05, 3.63) is 16.7 Å². The lowest BCUT2D eigenvalue weighted by atomic mass is 10.2. The van der Waals surface area contributed by atoms with E-state index >= 15 is 0 Å². The van der Waals surface area contributed by atoms with Gasteiger partial charge in [-0.25, -0.2) is 4.98 Å². The lowest BCUT2D eigenvalue weighted by Crippen LogP contribution is -2.46. The van der Waals surface area contributed by atoms with E-state index < -0.39 is 26.2 Å². The lowest BCUT2D eigenvalue weighted by molar-refractivity contribution is -0.0410. The average Bonchev–Trinajstić information content (AvgIpc) is 3.09. The summed E-state index contributed by atoms with van der Waals surface area (Å²) in [4.78, 5) is 22.7. The van der Waals surface area contributed by atoms with Crippen molar-refractivity contribution in [2.45, 2.75) is 63.8 Å². The number of ether oxygens (including phenoxy) is 1. The average molecular weight is 382 g/mol. The highest BCUT2D eigenvalue weighted by molar-refractivity contribution is 6.74. The number of hydrogen-bond acceptors (Lipinski definition) is 7. The van der Waals surface area contributed by atoms with Crippen molar-refractivity contribution in [2.24, 2.45) is 0 Å². The minimum Gasteiger partial charge on any atom is -0.411 e. The molecule has 144 valence electrons. The molecule has 0 spiro atoms. The van der Waals surface area contributed by atoms with Gasteiger partial charge in [-0.2, -0.15) is 4.98 Å². The molecular formula is C16H27N5O4Si. The van der Waals surface area contributed by atoms with E-state index in [9.17, 15) is 9.90 Å². The Morgan fingerprint density at radius 2 is 2.19 bits per heavy atom. The van der Waals surface area contributed by atoms with Crippen LogP contribution in [0.1, 0.15) is 33.4 Å². The number of anilines is 1. The van der Waals surface area contributed by atoms with Crippen molar-refractivity contribution in [3.8, 4) is 0 Å². The number of aliphatic hydroxyl groups is 1. The zero-order valence-corrected chi connectivity index (χ0v) is 16.8. The molecule has 0 bridgehead atoms. The molecule has 0 radical (unpaired) electrons. The van der Waals surface area contributed by atoms with Gasteiger partial charge < -0.3 is 20.0 Å². The standard InChI is InChI=1S/C16H27N5O4Si/c1-16(2,3)26(4,5)25-9-6-11(24-10(9)7-22)21-8-18-12-13(21)19-15(17)20-14(12)23/h8-11,22H,6-7H2,1-5H3,(H3,17,19,20,23)/t9?,10-,11-/m1/s1. The number of nitrogens with two attached hydrogens (primary N) is 1. The Labute approximate surface area is 152 Å². The van der Waals surface area contributed by atoms with Crippen molar-refractivity contribution in [3.63, 3.8) is 0 Å². The molecule has 1 unspecified atom stereocenters. The number of H-pyrrole nitrogens is 1. The summed E-state index contributed by atoms with van der Waals surface area (Å²) in [7, 11) is -2.02. The van der Waals surface area contributed by atoms with Crippen LogP contribution in [0.4, 0.5) is 5.95 Å². The fraction of sp³-hybridized carbons (Fsp3) is 0.688. The van der Waals surface area contributed by atoms with Crippen LogP contribution in [0, 0.1) is 0 Å². The van der Waals surface area contributed by atoms with Gasteiger partial charge in [0, 0.05) is 6.42 Å². The third kappa shape index (κ3) is 3.29. The van der Waals surface area contributed by atoms with E-state index in [1.54, 1.807) is 4.57 Å². The van der Waals surface area contributed by atoms with Gasteiger partial charge in [0.15, 0.2) is 19.5 Å². The summed E-state index contributed by atoms with van der Waals surface area (Å²) in [5.41, 5.74) is 5.83. The maximum absolute atomic E-state index is 12.0. The summed E-state index contributed by atoms with van der Waals surface area (Å²) in [6.07, 6.45) is 0.951. The Hall–Kier alpha value is -1.75. The van der Waals surface area contributed by atoms with E-state index in [0.29, 0.717) is 12.1 Å². The van der Waals surface area contributed by atoms with Gasteiger partial charge in [0.05, 0.1) is 19.0 Å². The van der Waals surface area contributed by atoms with Crippen molar-refractivity contribution >= 4 is 25.4 Å². The molecule has 4 N–H and O–H groups in total. The van der Waals surface area contributed by atoms with Crippen molar-refractivity contribution in [1.29, 1.82) is 0 Å². The Morgan fingerprint density at radius 3 is 2.81 bits per heavy atom. The van der Waals surface area contributed by atoms with E-state index in [4.69, 9.17) is 14.9 Å². The van der Waals surface area contributed by atoms with Crippen molar-refractivity contribution in [2.75, 3.05) is 12.3 Å². The van der Waals surface area contributed by atoms with E-state index in [1.807, 2.05) is 0 Å². The van der Waals surface area contributed by atoms with Crippen LogP contribution in [0.25, 0.3) is 11.2 Å². The zero-order chi connectivity index (χ0) is 19.3. The first kappa shape index (κ1) is 19.0. The highest BCUT2D eigenvalue weighted by Crippen LogP contribution is 2.41. The highest BCUT2D eigenvalue weighted by atomic mass is 28.4. The zero-order valence-electron chi connectivity index (χ0n) is 15.8. The SMILES string of the molecule is CC(C)(C)[Si](C)(C)OC1C[C@H](n2cnc3c(=O)[nH]c(N)nc32)O[C@@H]1CO. The molecule has 26 heavy (non-hydrogen) atoms. The number of nitrogen functional groups attached to an aromatic ring is 1. The second-order valence-corrected chi connectivity index (χ2v) is 13.0. The van der Waals surface area contributed by atoms with Gasteiger partial charge >= 0.3 is 0 Å². The Morgan fingerprint density at radius 1 is 1.50 bits per heavy atom. The highest BCUT2D eigenvalue weighted by Gasteiger charge is 2.45. The first-order chi connectivity index (χ1) is 12.0. The predicted molar refractivity (Wildman–Crippen MR) is 100 cm³/mol. The molecular weight excluding hydrogens is 354 g/mol. The van der Waals surface area contributed by atoms with E-state index in [2.05, 4.69) is 48.8 Å². The van der Waals surface area contributed by atoms with Crippen LogP contribution in [-0.2, 0) is 9.16 Å². The Bertz CT molecular complexity index is 856. The fourth-order valence-electron chi connectivity index (χ4n) is 2.87. The van der Waals surface area contributed by atoms with E-state index in [1.165, 1.54) is 6.33 Å². The normalized spacial score (nSPS) is 24.5. The molecule has 0 amide bonds.